The van der Waals surface area contributed by atoms with Gasteiger partial charge in [-0.05, 0) is 59.2 Å². The van der Waals surface area contributed by atoms with Gasteiger partial charge in [0.25, 0.3) is 0 Å². The summed E-state index contributed by atoms with van der Waals surface area (Å²) >= 11 is 0. The Kier molecular flexibility index (Phi) is 5.95. The number of anilines is 2. The molecule has 0 aliphatic heterocycles. The third-order valence-corrected chi connectivity index (χ3v) is 5.71. The van der Waals surface area contributed by atoms with E-state index in [-0.39, 0.29) is 16.7 Å². The largest absolute Gasteiger partial charge is 0.478 e. The standard InChI is InChI=1S/C27H20N2O6/c28-23-20(14-1-7-17(8-2-14)25(30)31)13-21(15-3-9-18(10-4-15)26(32)33)24(29)22(23)16-5-11-19(12-6-16)27(34)35/h1-13H,28-29H2,(H,30,31)(H,32,33)(H,34,35). The summed E-state index contributed by atoms with van der Waals surface area (Å²) in [6.07, 6.45) is 0. The van der Waals surface area contributed by atoms with Crippen LogP contribution in [-0.4, -0.2) is 33.2 Å². The van der Waals surface area contributed by atoms with Gasteiger partial charge in [-0.15, -0.1) is 0 Å². The van der Waals surface area contributed by atoms with E-state index in [1.165, 1.54) is 36.4 Å². The van der Waals surface area contributed by atoms with E-state index in [4.69, 9.17) is 11.5 Å². The van der Waals surface area contributed by atoms with Crippen LogP contribution in [0.25, 0.3) is 33.4 Å². The number of carboxylic acids is 3. The second kappa shape index (κ2) is 9.03. The van der Waals surface area contributed by atoms with Crippen LogP contribution in [0.15, 0.2) is 78.9 Å². The number of nitrogen functional groups attached to an aromatic ring is 2. The summed E-state index contributed by atoms with van der Waals surface area (Å²) in [5.74, 6) is -3.18. The molecule has 0 bridgehead atoms. The number of benzene rings is 4. The molecule has 0 spiro atoms. The van der Waals surface area contributed by atoms with Crippen molar-refractivity contribution in [3.63, 3.8) is 0 Å². The number of carboxylic acid groups (broad SMARTS) is 3. The molecule has 35 heavy (non-hydrogen) atoms. The first-order chi connectivity index (χ1) is 16.7. The molecule has 4 aromatic rings. The predicted octanol–water partition coefficient (Wildman–Crippen LogP) is 4.95. The van der Waals surface area contributed by atoms with Crippen molar-refractivity contribution in [1.82, 2.24) is 0 Å². The Labute approximate surface area is 199 Å². The van der Waals surface area contributed by atoms with E-state index in [1.54, 1.807) is 42.5 Å². The first-order valence-electron chi connectivity index (χ1n) is 10.4. The molecule has 7 N–H and O–H groups in total. The number of rotatable bonds is 6. The van der Waals surface area contributed by atoms with Crippen molar-refractivity contribution in [3.05, 3.63) is 95.6 Å². The SMILES string of the molecule is Nc1c(-c2ccc(C(=O)O)cc2)cc(-c2ccc(C(=O)O)cc2)c(N)c1-c1ccc(C(=O)O)cc1. The Morgan fingerprint density at radius 3 is 1.06 bits per heavy atom. The monoisotopic (exact) mass is 468 g/mol. The lowest BCUT2D eigenvalue weighted by molar-refractivity contribution is 0.0686. The van der Waals surface area contributed by atoms with Gasteiger partial charge in [-0.1, -0.05) is 36.4 Å². The summed E-state index contributed by atoms with van der Waals surface area (Å²) < 4.78 is 0. The Morgan fingerprint density at radius 2 is 0.771 bits per heavy atom. The van der Waals surface area contributed by atoms with Gasteiger partial charge in [0.05, 0.1) is 16.7 Å². The fourth-order valence-corrected chi connectivity index (χ4v) is 3.87. The minimum Gasteiger partial charge on any atom is -0.478 e. The van der Waals surface area contributed by atoms with Gasteiger partial charge >= 0.3 is 17.9 Å². The quantitative estimate of drug-likeness (QED) is 0.248. The molecule has 0 radical (unpaired) electrons. The summed E-state index contributed by atoms with van der Waals surface area (Å²) in [5.41, 5.74) is 17.7. The molecule has 0 atom stereocenters. The normalized spacial score (nSPS) is 10.6. The molecule has 0 saturated heterocycles. The highest BCUT2D eigenvalue weighted by Gasteiger charge is 2.19. The highest BCUT2D eigenvalue weighted by Crippen LogP contribution is 2.44. The molecule has 0 amide bonds. The van der Waals surface area contributed by atoms with Crippen molar-refractivity contribution in [2.75, 3.05) is 11.5 Å². The minimum atomic E-state index is -1.07. The molecular formula is C27H20N2O6. The Balaban J connectivity index is 1.96. The Bertz CT molecular complexity index is 1380. The van der Waals surface area contributed by atoms with Crippen molar-refractivity contribution in [3.8, 4) is 33.4 Å². The van der Waals surface area contributed by atoms with Crippen LogP contribution in [0.2, 0.25) is 0 Å². The molecule has 8 nitrogen and oxygen atoms in total. The second-order valence-corrected chi connectivity index (χ2v) is 7.82. The van der Waals surface area contributed by atoms with Gasteiger partial charge < -0.3 is 26.8 Å². The van der Waals surface area contributed by atoms with Crippen LogP contribution < -0.4 is 11.5 Å². The summed E-state index contributed by atoms with van der Waals surface area (Å²) in [4.78, 5) is 33.8. The van der Waals surface area contributed by atoms with E-state index in [9.17, 15) is 29.7 Å². The summed E-state index contributed by atoms with van der Waals surface area (Å²) in [6.45, 7) is 0. The maximum Gasteiger partial charge on any atom is 0.335 e. The van der Waals surface area contributed by atoms with Crippen molar-refractivity contribution in [1.29, 1.82) is 0 Å². The second-order valence-electron chi connectivity index (χ2n) is 7.82. The molecule has 0 saturated carbocycles. The zero-order chi connectivity index (χ0) is 25.3. The number of hydrogen-bond acceptors (Lipinski definition) is 5. The highest BCUT2D eigenvalue weighted by atomic mass is 16.4. The average Bonchev–Trinajstić information content (AvgIpc) is 2.85. The molecule has 0 fully saturated rings. The summed E-state index contributed by atoms with van der Waals surface area (Å²) in [7, 11) is 0. The molecular weight excluding hydrogens is 448 g/mol. The van der Waals surface area contributed by atoms with Gasteiger partial charge in [0.1, 0.15) is 0 Å². The van der Waals surface area contributed by atoms with Crippen LogP contribution in [0.4, 0.5) is 11.4 Å². The van der Waals surface area contributed by atoms with E-state index in [2.05, 4.69) is 0 Å². The van der Waals surface area contributed by atoms with E-state index < -0.39 is 17.9 Å². The topological polar surface area (TPSA) is 164 Å². The predicted molar refractivity (Wildman–Crippen MR) is 132 cm³/mol. The van der Waals surface area contributed by atoms with Crippen LogP contribution in [0.5, 0.6) is 0 Å². The number of hydrogen-bond donors (Lipinski definition) is 5. The van der Waals surface area contributed by atoms with Crippen molar-refractivity contribution >= 4 is 29.3 Å². The van der Waals surface area contributed by atoms with Crippen molar-refractivity contribution in [2.45, 2.75) is 0 Å². The molecule has 0 aliphatic carbocycles. The Hall–Kier alpha value is -5.11. The number of aromatic carboxylic acids is 3. The summed E-state index contributed by atoms with van der Waals surface area (Å²) in [5, 5.41) is 27.7. The van der Waals surface area contributed by atoms with E-state index in [0.29, 0.717) is 44.8 Å². The molecule has 0 aliphatic rings. The van der Waals surface area contributed by atoms with Crippen LogP contribution in [0, 0.1) is 0 Å². The van der Waals surface area contributed by atoms with Crippen LogP contribution in [-0.2, 0) is 0 Å². The van der Waals surface area contributed by atoms with Crippen LogP contribution in [0.3, 0.4) is 0 Å². The Morgan fingerprint density at radius 1 is 0.486 bits per heavy atom. The van der Waals surface area contributed by atoms with Gasteiger partial charge in [-0.3, -0.25) is 0 Å². The van der Waals surface area contributed by atoms with Gasteiger partial charge in [-0.2, -0.15) is 0 Å². The van der Waals surface area contributed by atoms with E-state index >= 15 is 0 Å². The molecule has 8 heteroatoms. The number of nitrogens with two attached hydrogens (primary N) is 2. The van der Waals surface area contributed by atoms with Gasteiger partial charge in [0.15, 0.2) is 0 Å². The first-order valence-corrected chi connectivity index (χ1v) is 10.4. The fourth-order valence-electron chi connectivity index (χ4n) is 3.87. The average molecular weight is 468 g/mol. The molecule has 4 rings (SSSR count). The lowest BCUT2D eigenvalue weighted by atomic mass is 9.88. The zero-order valence-corrected chi connectivity index (χ0v) is 18.2. The lowest BCUT2D eigenvalue weighted by Gasteiger charge is -2.19. The van der Waals surface area contributed by atoms with Crippen LogP contribution >= 0.6 is 0 Å². The molecule has 0 aromatic heterocycles. The van der Waals surface area contributed by atoms with Crippen molar-refractivity contribution < 1.29 is 29.7 Å². The third-order valence-electron chi connectivity index (χ3n) is 5.71. The first kappa shape index (κ1) is 23.1. The van der Waals surface area contributed by atoms with Crippen LogP contribution in [0.1, 0.15) is 31.1 Å². The van der Waals surface area contributed by atoms with Crippen molar-refractivity contribution in [2.24, 2.45) is 0 Å². The molecule has 0 heterocycles. The fraction of sp³-hybridized carbons (Fsp3) is 0. The lowest BCUT2D eigenvalue weighted by Crippen LogP contribution is -2.03. The maximum atomic E-state index is 11.3. The highest BCUT2D eigenvalue weighted by molar-refractivity contribution is 6.03. The van der Waals surface area contributed by atoms with E-state index in [1.807, 2.05) is 0 Å². The maximum absolute atomic E-state index is 11.3. The van der Waals surface area contributed by atoms with E-state index in [0.717, 1.165) is 0 Å². The smallest absolute Gasteiger partial charge is 0.335 e. The minimum absolute atomic E-state index is 0.107. The third kappa shape index (κ3) is 4.40. The number of carbonyl (C=O) groups is 3. The molecule has 174 valence electrons. The molecule has 4 aromatic carbocycles. The van der Waals surface area contributed by atoms with Gasteiger partial charge in [0.2, 0.25) is 0 Å². The van der Waals surface area contributed by atoms with Gasteiger partial charge in [0, 0.05) is 28.1 Å². The zero-order valence-electron chi connectivity index (χ0n) is 18.2. The molecule has 0 unspecified atom stereocenters. The summed E-state index contributed by atoms with van der Waals surface area (Å²) in [6, 6.07) is 20.3. The van der Waals surface area contributed by atoms with Gasteiger partial charge in [-0.25, -0.2) is 14.4 Å².